The molecule has 0 radical (unpaired) electrons. The third-order valence-corrected chi connectivity index (χ3v) is 9.03. The molecule has 0 bridgehead atoms. The molecule has 0 aliphatic rings. The minimum Gasteiger partial charge on any atom is -0.455 e. The van der Waals surface area contributed by atoms with E-state index in [0.29, 0.717) is 16.6 Å². The Bertz CT molecular complexity index is 2470. The zero-order chi connectivity index (χ0) is 33.3. The number of hydrogen-bond donors (Lipinski definition) is 0. The first kappa shape index (κ1) is 24.2. The second-order valence-corrected chi connectivity index (χ2v) is 12.6. The highest BCUT2D eigenvalue weighted by molar-refractivity contribution is 6.14. The van der Waals surface area contributed by atoms with Gasteiger partial charge in [-0.25, -0.2) is 4.98 Å². The summed E-state index contributed by atoms with van der Waals surface area (Å²) in [4.78, 5) is 5.27. The van der Waals surface area contributed by atoms with Gasteiger partial charge in [0.2, 0.25) is 0 Å². The van der Waals surface area contributed by atoms with Gasteiger partial charge in [-0.15, -0.1) is 0 Å². The molecule has 0 spiro atoms. The lowest BCUT2D eigenvalue weighted by molar-refractivity contribution is 0.670. The fourth-order valence-corrected chi connectivity index (χ4v) is 6.79. The smallest absolute Gasteiger partial charge is 0.149 e. The van der Waals surface area contributed by atoms with Gasteiger partial charge >= 0.3 is 0 Å². The number of hydrogen-bond acceptors (Lipinski definition) is 2. The van der Waals surface area contributed by atoms with Crippen molar-refractivity contribution in [2.75, 3.05) is 0 Å². The summed E-state index contributed by atoms with van der Waals surface area (Å²) in [6.07, 6.45) is 0. The van der Waals surface area contributed by atoms with Gasteiger partial charge in [-0.1, -0.05) is 100 Å². The van der Waals surface area contributed by atoms with Crippen LogP contribution in [0.4, 0.5) is 0 Å². The molecule has 220 valence electrons. The lowest BCUT2D eigenvalue weighted by atomic mass is 9.88. The molecule has 2 aromatic heterocycles. The number of aromatic nitrogens is 2. The maximum atomic E-state index is 8.48. The molecule has 8 aromatic rings. The first-order valence-electron chi connectivity index (χ1n) is 17.2. The Labute approximate surface area is 268 Å². The number of furan rings is 1. The van der Waals surface area contributed by atoms with Crippen molar-refractivity contribution in [2.45, 2.75) is 46.4 Å². The average Bonchev–Trinajstić information content (AvgIpc) is 3.64. The molecular weight excluding hydrogens is 548 g/mol. The maximum Gasteiger partial charge on any atom is 0.149 e. The van der Waals surface area contributed by atoms with Gasteiger partial charge in [0.25, 0.3) is 0 Å². The van der Waals surface area contributed by atoms with Crippen molar-refractivity contribution < 1.29 is 8.53 Å². The van der Waals surface area contributed by atoms with Gasteiger partial charge in [-0.3, -0.25) is 4.57 Å². The molecule has 0 saturated heterocycles. The molecule has 0 aliphatic heterocycles. The van der Waals surface area contributed by atoms with E-state index < -0.39 is 6.85 Å². The molecule has 8 rings (SSSR count). The quantitative estimate of drug-likeness (QED) is 0.200. The van der Waals surface area contributed by atoms with E-state index in [9.17, 15) is 0 Å². The third-order valence-electron chi connectivity index (χ3n) is 9.03. The largest absolute Gasteiger partial charge is 0.455 e. The summed E-state index contributed by atoms with van der Waals surface area (Å²) in [7, 11) is 0. The number of imidazole rings is 1. The van der Waals surface area contributed by atoms with Crippen molar-refractivity contribution in [3.05, 3.63) is 132 Å². The lowest BCUT2D eigenvalue weighted by Crippen LogP contribution is -2.09. The van der Waals surface area contributed by atoms with E-state index in [1.807, 2.05) is 60.7 Å². The molecule has 3 heteroatoms. The van der Waals surface area contributed by atoms with E-state index in [-0.39, 0.29) is 17.4 Å². The summed E-state index contributed by atoms with van der Waals surface area (Å²) in [6.45, 7) is 6.63. The standard InChI is InChI=1S/C42H36N2O/c1-25(2)33-22-31(28-13-7-6-8-14-28)23-34(26(3)4)40(33)44-37-18-12-11-17-36(37)43-42(44)32-20-19-27(5)39-35-21-29-15-9-10-16-30(29)24-38(35)45-41(32)39/h6-26H,1-5H3/i5D3. The topological polar surface area (TPSA) is 31.0 Å². The number of fused-ring (bicyclic) bond motifs is 5. The Morgan fingerprint density at radius 1 is 0.689 bits per heavy atom. The molecule has 0 atom stereocenters. The maximum absolute atomic E-state index is 8.48. The lowest BCUT2D eigenvalue weighted by Gasteiger charge is -2.24. The van der Waals surface area contributed by atoms with Gasteiger partial charge in [0.15, 0.2) is 0 Å². The second kappa shape index (κ2) is 10.5. The van der Waals surface area contributed by atoms with Gasteiger partial charge in [-0.05, 0) is 99.7 Å². The van der Waals surface area contributed by atoms with Crippen LogP contribution in [-0.4, -0.2) is 9.55 Å². The van der Waals surface area contributed by atoms with Crippen LogP contribution in [0, 0.1) is 6.85 Å². The van der Waals surface area contributed by atoms with Crippen molar-refractivity contribution >= 4 is 43.7 Å². The Balaban J connectivity index is 1.50. The Hall–Kier alpha value is -5.15. The summed E-state index contributed by atoms with van der Waals surface area (Å²) >= 11 is 0. The minimum absolute atomic E-state index is 0.215. The van der Waals surface area contributed by atoms with Crippen molar-refractivity contribution in [3.63, 3.8) is 0 Å². The van der Waals surface area contributed by atoms with Gasteiger partial charge in [-0.2, -0.15) is 0 Å². The van der Waals surface area contributed by atoms with E-state index in [1.54, 1.807) is 6.07 Å². The number of benzene rings is 6. The molecule has 0 N–H and O–H groups in total. The molecule has 0 amide bonds. The molecule has 0 saturated carbocycles. The van der Waals surface area contributed by atoms with Gasteiger partial charge in [0.05, 0.1) is 22.3 Å². The Morgan fingerprint density at radius 2 is 1.36 bits per heavy atom. The number of para-hydroxylation sites is 2. The predicted molar refractivity (Wildman–Crippen MR) is 190 cm³/mol. The summed E-state index contributed by atoms with van der Waals surface area (Å²) in [5.74, 6) is 1.15. The SMILES string of the molecule is [2H]C([2H])([2H])c1ccc(-c2nc3ccccc3n2-c2c(C(C)C)cc(-c3ccccc3)cc2C(C)C)c2oc3cc4ccccc4cc3c12. The molecule has 3 nitrogen and oxygen atoms in total. The Morgan fingerprint density at radius 3 is 2.07 bits per heavy atom. The van der Waals surface area contributed by atoms with Crippen molar-refractivity contribution in [1.29, 1.82) is 0 Å². The van der Waals surface area contributed by atoms with Gasteiger partial charge in [0.1, 0.15) is 17.0 Å². The van der Waals surface area contributed by atoms with E-state index in [0.717, 1.165) is 44.3 Å². The fourth-order valence-electron chi connectivity index (χ4n) is 6.79. The molecule has 0 unspecified atom stereocenters. The second-order valence-electron chi connectivity index (χ2n) is 12.6. The van der Waals surface area contributed by atoms with E-state index in [4.69, 9.17) is 13.5 Å². The highest BCUT2D eigenvalue weighted by Gasteiger charge is 2.26. The van der Waals surface area contributed by atoms with E-state index >= 15 is 0 Å². The van der Waals surface area contributed by atoms with Crippen LogP contribution in [0.3, 0.4) is 0 Å². The van der Waals surface area contributed by atoms with Crippen LogP contribution in [0.5, 0.6) is 0 Å². The number of rotatable bonds is 5. The third kappa shape index (κ3) is 4.37. The summed E-state index contributed by atoms with van der Waals surface area (Å²) in [5.41, 5.74) is 9.97. The monoisotopic (exact) mass is 587 g/mol. The fraction of sp³-hybridized carbons (Fsp3) is 0.167. The van der Waals surface area contributed by atoms with Crippen molar-refractivity contribution in [1.82, 2.24) is 9.55 Å². The van der Waals surface area contributed by atoms with Crippen LogP contribution in [0.25, 0.3) is 71.9 Å². The predicted octanol–water partition coefficient (Wildman–Crippen LogP) is 12.0. The van der Waals surface area contributed by atoms with Crippen LogP contribution in [0.15, 0.2) is 120 Å². The normalized spacial score (nSPS) is 13.3. The van der Waals surface area contributed by atoms with Crippen molar-refractivity contribution in [3.8, 4) is 28.2 Å². The zero-order valence-electron chi connectivity index (χ0n) is 28.9. The highest BCUT2D eigenvalue weighted by Crippen LogP contribution is 2.43. The average molecular weight is 588 g/mol. The molecule has 0 fully saturated rings. The zero-order valence-corrected chi connectivity index (χ0v) is 25.9. The summed E-state index contributed by atoms with van der Waals surface area (Å²) in [5, 5.41) is 3.47. The number of aryl methyl sites for hydroxylation is 1. The van der Waals surface area contributed by atoms with Crippen LogP contribution in [0.1, 0.15) is 60.3 Å². The van der Waals surface area contributed by atoms with Crippen LogP contribution in [-0.2, 0) is 0 Å². The van der Waals surface area contributed by atoms with Crippen LogP contribution < -0.4 is 0 Å². The highest BCUT2D eigenvalue weighted by atomic mass is 16.3. The van der Waals surface area contributed by atoms with Gasteiger partial charge < -0.3 is 4.42 Å². The van der Waals surface area contributed by atoms with E-state index in [1.165, 1.54) is 22.3 Å². The molecular formula is C42H36N2O. The molecule has 2 heterocycles. The first-order chi connectivity index (χ1) is 23.1. The number of nitrogens with zero attached hydrogens (tertiary/aromatic N) is 2. The summed E-state index contributed by atoms with van der Waals surface area (Å²) in [6, 6.07) is 39.2. The molecule has 6 aromatic carbocycles. The van der Waals surface area contributed by atoms with Crippen LogP contribution >= 0.6 is 0 Å². The van der Waals surface area contributed by atoms with Crippen LogP contribution in [0.2, 0.25) is 0 Å². The summed E-state index contributed by atoms with van der Waals surface area (Å²) < 4.78 is 34.4. The molecule has 45 heavy (non-hydrogen) atoms. The first-order valence-corrected chi connectivity index (χ1v) is 15.7. The molecule has 0 aliphatic carbocycles. The van der Waals surface area contributed by atoms with Crippen molar-refractivity contribution in [2.24, 2.45) is 0 Å². The van der Waals surface area contributed by atoms with E-state index in [2.05, 4.69) is 80.8 Å². The van der Waals surface area contributed by atoms with Gasteiger partial charge in [0, 0.05) is 14.9 Å². The Kier molecular flexibility index (Phi) is 5.64. The minimum atomic E-state index is -2.33.